The molecule has 0 aromatic heterocycles. The highest BCUT2D eigenvalue weighted by atomic mass is 16.4. The minimum Gasteiger partial charge on any atom is -0.508 e. The van der Waals surface area contributed by atoms with E-state index in [0.29, 0.717) is 44.3 Å². The Kier molecular flexibility index (Phi) is 13.9. The molecule has 0 unspecified atom stereocenters. The average molecular weight is 729 g/mol. The van der Waals surface area contributed by atoms with Gasteiger partial charge >= 0.3 is 5.97 Å². The largest absolute Gasteiger partial charge is 0.508 e. The average Bonchev–Trinajstić information content (AvgIpc) is 3.91. The molecule has 1 aromatic rings. The van der Waals surface area contributed by atoms with Gasteiger partial charge in [0.15, 0.2) is 0 Å². The van der Waals surface area contributed by atoms with Crippen molar-refractivity contribution < 1.29 is 48.6 Å². The van der Waals surface area contributed by atoms with Gasteiger partial charge in [-0.05, 0) is 75.6 Å². The van der Waals surface area contributed by atoms with E-state index in [1.165, 1.54) is 34.1 Å². The maximum atomic E-state index is 13.9. The van der Waals surface area contributed by atoms with Gasteiger partial charge in [0.05, 0.1) is 6.04 Å². The Morgan fingerprint density at radius 1 is 0.750 bits per heavy atom. The van der Waals surface area contributed by atoms with E-state index in [1.807, 2.05) is 0 Å². The van der Waals surface area contributed by atoms with Crippen LogP contribution < -0.4 is 32.7 Å². The van der Waals surface area contributed by atoms with E-state index in [1.54, 1.807) is 0 Å². The summed E-state index contributed by atoms with van der Waals surface area (Å²) in [6.07, 6.45) is 1.83. The maximum Gasteiger partial charge on any atom is 0.326 e. The first-order valence-corrected chi connectivity index (χ1v) is 17.6. The van der Waals surface area contributed by atoms with Crippen LogP contribution >= 0.6 is 0 Å². The Balaban J connectivity index is 1.47. The molecule has 18 heteroatoms. The first-order valence-electron chi connectivity index (χ1n) is 17.6. The fraction of sp³-hybridized carbons (Fsp3) is 0.588. The summed E-state index contributed by atoms with van der Waals surface area (Å²) in [5.41, 5.74) is 11.2. The quantitative estimate of drug-likeness (QED) is 0.0847. The second-order valence-electron chi connectivity index (χ2n) is 13.4. The molecule has 0 bridgehead atoms. The summed E-state index contributed by atoms with van der Waals surface area (Å²) in [7, 11) is 0. The van der Waals surface area contributed by atoms with Gasteiger partial charge in [-0.25, -0.2) is 4.79 Å². The molecule has 0 aliphatic carbocycles. The number of nitrogens with two attached hydrogens (primary N) is 2. The van der Waals surface area contributed by atoms with Crippen LogP contribution in [-0.2, 0) is 44.8 Å². The van der Waals surface area contributed by atoms with E-state index in [0.717, 1.165) is 6.42 Å². The van der Waals surface area contributed by atoms with Crippen molar-refractivity contribution in [2.24, 2.45) is 11.5 Å². The number of aliphatic carboxylic acids is 1. The SMILES string of the molecule is NC(=O)CC[C@H](NC(=O)[C@@H]1CCCN1C(=O)[C@@H]1CCCN1)C(=O)N[C@@H](CCC(N)=O)C(=O)N1CCC[C@H]1C(=O)N[C@@H](Cc1ccc(O)cc1)C(=O)O. The fourth-order valence-corrected chi connectivity index (χ4v) is 6.88. The molecule has 0 radical (unpaired) electrons. The highest BCUT2D eigenvalue weighted by molar-refractivity contribution is 5.97. The van der Waals surface area contributed by atoms with Gasteiger partial charge < -0.3 is 52.7 Å². The Bertz CT molecular complexity index is 1520. The van der Waals surface area contributed by atoms with Crippen molar-refractivity contribution in [3.8, 4) is 5.75 Å². The topological polar surface area (TPSA) is 284 Å². The molecule has 3 saturated heterocycles. The normalized spacial score (nSPS) is 21.5. The minimum absolute atomic E-state index is 0.0106. The third kappa shape index (κ3) is 10.6. The van der Waals surface area contributed by atoms with Gasteiger partial charge in [0.25, 0.3) is 0 Å². The smallest absolute Gasteiger partial charge is 0.326 e. The van der Waals surface area contributed by atoms with Crippen LogP contribution in [0.4, 0.5) is 0 Å². The van der Waals surface area contributed by atoms with E-state index in [9.17, 15) is 48.6 Å². The van der Waals surface area contributed by atoms with E-state index in [2.05, 4.69) is 21.3 Å². The number of primary amides is 2. The van der Waals surface area contributed by atoms with Gasteiger partial charge in [0, 0.05) is 32.4 Å². The van der Waals surface area contributed by atoms with E-state index in [-0.39, 0.29) is 56.7 Å². The molecule has 6 atom stereocenters. The number of carbonyl (C=O) groups excluding carboxylic acids is 7. The predicted octanol–water partition coefficient (Wildman–Crippen LogP) is -2.26. The van der Waals surface area contributed by atoms with Gasteiger partial charge in [-0.3, -0.25) is 33.6 Å². The van der Waals surface area contributed by atoms with E-state index >= 15 is 0 Å². The lowest BCUT2D eigenvalue weighted by Crippen LogP contribution is -2.59. The molecule has 7 amide bonds. The Labute approximate surface area is 300 Å². The zero-order valence-electron chi connectivity index (χ0n) is 28.9. The summed E-state index contributed by atoms with van der Waals surface area (Å²) in [4.78, 5) is 106. The molecular weight excluding hydrogens is 680 g/mol. The third-order valence-electron chi connectivity index (χ3n) is 9.63. The zero-order valence-corrected chi connectivity index (χ0v) is 28.9. The number of hydrogen-bond donors (Lipinski definition) is 8. The van der Waals surface area contributed by atoms with Crippen molar-refractivity contribution in [3.05, 3.63) is 29.8 Å². The van der Waals surface area contributed by atoms with Crippen molar-refractivity contribution in [1.82, 2.24) is 31.1 Å². The molecule has 0 spiro atoms. The summed E-state index contributed by atoms with van der Waals surface area (Å²) >= 11 is 0. The van der Waals surface area contributed by atoms with Gasteiger partial charge in [0.2, 0.25) is 41.4 Å². The standard InChI is InChI=1S/C34H48N8O10/c35-27(44)13-11-21(38-30(47)25-5-2-16-41(25)32(49)22-4-1-15-37-22)29(46)39-23(12-14-28(36)45)33(50)42-17-3-6-26(42)31(48)40-24(34(51)52)18-19-7-9-20(43)10-8-19/h7-10,21-26,37,43H,1-6,11-18H2,(H2,35,44)(H2,36,45)(H,38,47)(H,39,46)(H,40,48)(H,51,52)/t21-,22-,23-,24-,25-,26-/m0/s1. The van der Waals surface area contributed by atoms with Crippen LogP contribution in [0.25, 0.3) is 0 Å². The lowest BCUT2D eigenvalue weighted by atomic mass is 10.0. The zero-order chi connectivity index (χ0) is 37.9. The lowest BCUT2D eigenvalue weighted by molar-refractivity contribution is -0.145. The van der Waals surface area contributed by atoms with Crippen molar-refractivity contribution in [3.63, 3.8) is 0 Å². The van der Waals surface area contributed by atoms with Crippen LogP contribution in [-0.4, -0.2) is 123 Å². The number of nitrogens with one attached hydrogen (secondary N) is 4. The van der Waals surface area contributed by atoms with Crippen LogP contribution in [0.1, 0.15) is 69.8 Å². The molecule has 3 fully saturated rings. The van der Waals surface area contributed by atoms with Gasteiger partial charge in [-0.15, -0.1) is 0 Å². The number of hydrogen-bond acceptors (Lipinski definition) is 10. The molecule has 1 aromatic carbocycles. The van der Waals surface area contributed by atoms with Crippen molar-refractivity contribution in [1.29, 1.82) is 0 Å². The Morgan fingerprint density at radius 2 is 1.31 bits per heavy atom. The number of amides is 7. The van der Waals surface area contributed by atoms with Crippen LogP contribution in [0.3, 0.4) is 0 Å². The molecule has 52 heavy (non-hydrogen) atoms. The number of likely N-dealkylation sites (tertiary alicyclic amines) is 2. The summed E-state index contributed by atoms with van der Waals surface area (Å²) in [6.45, 7) is 1.16. The second kappa shape index (κ2) is 18.3. The third-order valence-corrected chi connectivity index (χ3v) is 9.63. The summed E-state index contributed by atoms with van der Waals surface area (Å²) in [5, 5.41) is 30.1. The maximum absolute atomic E-state index is 13.9. The summed E-state index contributed by atoms with van der Waals surface area (Å²) in [5.74, 6) is -5.95. The second-order valence-corrected chi connectivity index (χ2v) is 13.4. The number of carboxylic acid groups (broad SMARTS) is 1. The first-order chi connectivity index (χ1) is 24.7. The summed E-state index contributed by atoms with van der Waals surface area (Å²) in [6, 6.07) is -0.608. The van der Waals surface area contributed by atoms with Crippen LogP contribution in [0.5, 0.6) is 5.75 Å². The van der Waals surface area contributed by atoms with Gasteiger partial charge in [-0.2, -0.15) is 0 Å². The molecule has 284 valence electrons. The number of phenols is 1. The Hall–Kier alpha value is -5.26. The van der Waals surface area contributed by atoms with E-state index < -0.39 is 77.7 Å². The van der Waals surface area contributed by atoms with Crippen LogP contribution in [0.2, 0.25) is 0 Å². The first kappa shape index (κ1) is 39.5. The lowest BCUT2D eigenvalue weighted by Gasteiger charge is -2.31. The number of carbonyl (C=O) groups is 8. The monoisotopic (exact) mass is 728 g/mol. The van der Waals surface area contributed by atoms with Crippen LogP contribution in [0, 0.1) is 0 Å². The number of rotatable bonds is 17. The number of nitrogens with zero attached hydrogens (tertiary/aromatic N) is 2. The molecule has 3 aliphatic heterocycles. The number of benzene rings is 1. The summed E-state index contributed by atoms with van der Waals surface area (Å²) < 4.78 is 0. The van der Waals surface area contributed by atoms with E-state index in [4.69, 9.17) is 11.5 Å². The molecule has 4 rings (SSSR count). The number of carboxylic acids is 1. The van der Waals surface area contributed by atoms with Crippen molar-refractivity contribution in [2.75, 3.05) is 19.6 Å². The van der Waals surface area contributed by atoms with Gasteiger partial charge in [0.1, 0.15) is 36.0 Å². The highest BCUT2D eigenvalue weighted by Crippen LogP contribution is 2.23. The molecule has 10 N–H and O–H groups in total. The molecule has 0 saturated carbocycles. The highest BCUT2D eigenvalue weighted by Gasteiger charge is 2.41. The minimum atomic E-state index is -1.38. The van der Waals surface area contributed by atoms with Gasteiger partial charge in [-0.1, -0.05) is 12.1 Å². The fourth-order valence-electron chi connectivity index (χ4n) is 6.88. The van der Waals surface area contributed by atoms with Crippen molar-refractivity contribution in [2.45, 2.75) is 107 Å². The molecular formula is C34H48N8O10. The number of aromatic hydroxyl groups is 1. The molecule has 18 nitrogen and oxygen atoms in total. The molecule has 3 heterocycles. The van der Waals surface area contributed by atoms with Crippen molar-refractivity contribution >= 4 is 47.3 Å². The molecule has 3 aliphatic rings. The Morgan fingerprint density at radius 3 is 1.87 bits per heavy atom. The number of phenolic OH excluding ortho intramolecular Hbond substituents is 1. The van der Waals surface area contributed by atoms with Crippen LogP contribution in [0.15, 0.2) is 24.3 Å². The predicted molar refractivity (Wildman–Crippen MR) is 183 cm³/mol.